The molecule has 0 amide bonds. The maximum Gasteiger partial charge on any atom is 0.134 e. The Morgan fingerprint density at radius 1 is 1.10 bits per heavy atom. The van der Waals surface area contributed by atoms with Gasteiger partial charge >= 0.3 is 0 Å². The zero-order valence-electron chi connectivity index (χ0n) is 10.3. The minimum absolute atomic E-state index is 0.0834. The van der Waals surface area contributed by atoms with Crippen LogP contribution in [0, 0.1) is 11.6 Å². The van der Waals surface area contributed by atoms with Crippen molar-refractivity contribution in [2.45, 2.75) is 4.83 Å². The van der Waals surface area contributed by atoms with E-state index in [0.717, 1.165) is 16.6 Å². The summed E-state index contributed by atoms with van der Waals surface area (Å²) in [6.07, 6.45) is 0. The van der Waals surface area contributed by atoms with Gasteiger partial charge in [0.15, 0.2) is 0 Å². The van der Waals surface area contributed by atoms with Crippen LogP contribution in [0.25, 0.3) is 0 Å². The van der Waals surface area contributed by atoms with Crippen molar-refractivity contribution in [3.63, 3.8) is 0 Å². The fraction of sp³-hybridized carbons (Fsp3) is 0.143. The first-order valence-corrected chi connectivity index (χ1v) is 7.64. The molecule has 0 aliphatic rings. The predicted molar refractivity (Wildman–Crippen MR) is 82.8 cm³/mol. The second-order valence-electron chi connectivity index (χ2n) is 4.07. The van der Waals surface area contributed by atoms with Crippen LogP contribution in [0.3, 0.4) is 0 Å². The summed E-state index contributed by atoms with van der Waals surface area (Å²) >= 11 is 12.6. The van der Waals surface area contributed by atoms with Gasteiger partial charge in [0.1, 0.15) is 17.4 Å². The number of hydrogen-bond acceptors (Lipinski definition) is 1. The summed E-state index contributed by atoms with van der Waals surface area (Å²) in [6.45, 7) is 0. The van der Waals surface area contributed by atoms with Crippen LogP contribution in [0.2, 0.25) is 5.02 Å². The molecule has 20 heavy (non-hydrogen) atoms. The van der Waals surface area contributed by atoms with E-state index in [1.54, 1.807) is 18.2 Å². The van der Waals surface area contributed by atoms with Crippen molar-refractivity contribution in [3.05, 3.63) is 62.6 Å². The SMILES string of the molecule is COc1cc(F)c(C(Br)c2cc(Cl)cc(Br)c2)c(F)c1. The first-order valence-electron chi connectivity index (χ1n) is 5.55. The summed E-state index contributed by atoms with van der Waals surface area (Å²) in [5, 5.41) is 0.480. The third-order valence-corrected chi connectivity index (χ3v) is 4.38. The van der Waals surface area contributed by atoms with Crippen molar-refractivity contribution < 1.29 is 13.5 Å². The minimum atomic E-state index is -0.681. The molecule has 1 unspecified atom stereocenters. The Labute approximate surface area is 137 Å². The summed E-state index contributed by atoms with van der Waals surface area (Å²) in [5.41, 5.74) is 0.562. The third-order valence-electron chi connectivity index (χ3n) is 2.72. The van der Waals surface area contributed by atoms with Crippen molar-refractivity contribution in [2.24, 2.45) is 0 Å². The van der Waals surface area contributed by atoms with Gasteiger partial charge in [-0.05, 0) is 23.8 Å². The summed E-state index contributed by atoms with van der Waals surface area (Å²) in [5.74, 6) is -1.23. The van der Waals surface area contributed by atoms with Gasteiger partial charge in [0.25, 0.3) is 0 Å². The zero-order valence-corrected chi connectivity index (χ0v) is 14.2. The fourth-order valence-corrected chi connectivity index (χ4v) is 3.40. The van der Waals surface area contributed by atoms with E-state index in [1.165, 1.54) is 7.11 Å². The van der Waals surface area contributed by atoms with Crippen molar-refractivity contribution in [1.29, 1.82) is 0 Å². The molecule has 0 N–H and O–H groups in total. The molecule has 0 radical (unpaired) electrons. The van der Waals surface area contributed by atoms with Crippen LogP contribution < -0.4 is 4.74 Å². The Kier molecular flexibility index (Phi) is 5.04. The molecule has 0 saturated heterocycles. The van der Waals surface area contributed by atoms with E-state index >= 15 is 0 Å². The lowest BCUT2D eigenvalue weighted by atomic mass is 10.0. The highest BCUT2D eigenvalue weighted by Crippen LogP contribution is 2.37. The molecule has 2 rings (SSSR count). The van der Waals surface area contributed by atoms with E-state index in [0.29, 0.717) is 10.6 Å². The van der Waals surface area contributed by atoms with E-state index in [2.05, 4.69) is 31.9 Å². The Bertz CT molecular complexity index is 606. The highest BCUT2D eigenvalue weighted by atomic mass is 79.9. The third kappa shape index (κ3) is 3.32. The molecular formula is C14H9Br2ClF2O. The van der Waals surface area contributed by atoms with Gasteiger partial charge in [0.2, 0.25) is 0 Å². The molecule has 0 bridgehead atoms. The van der Waals surface area contributed by atoms with E-state index in [4.69, 9.17) is 16.3 Å². The number of rotatable bonds is 3. The molecule has 1 atom stereocenters. The van der Waals surface area contributed by atoms with Crippen molar-refractivity contribution in [2.75, 3.05) is 7.11 Å². The highest BCUT2D eigenvalue weighted by molar-refractivity contribution is 9.10. The van der Waals surface area contributed by atoms with Crippen molar-refractivity contribution in [1.82, 2.24) is 0 Å². The Morgan fingerprint density at radius 2 is 1.70 bits per heavy atom. The summed E-state index contributed by atoms with van der Waals surface area (Å²) in [7, 11) is 1.35. The first kappa shape index (κ1) is 15.7. The molecule has 0 aliphatic heterocycles. The molecule has 0 saturated carbocycles. The summed E-state index contributed by atoms with van der Waals surface area (Å²) in [4.78, 5) is -0.650. The molecule has 0 heterocycles. The monoisotopic (exact) mass is 424 g/mol. The number of benzene rings is 2. The molecule has 2 aromatic carbocycles. The van der Waals surface area contributed by atoms with Crippen LogP contribution in [0.1, 0.15) is 16.0 Å². The molecule has 6 heteroatoms. The summed E-state index contributed by atoms with van der Waals surface area (Å²) < 4.78 is 33.6. The second-order valence-corrected chi connectivity index (χ2v) is 6.34. The Hall–Kier alpha value is -0.650. The Balaban J connectivity index is 2.50. The average molecular weight is 426 g/mol. The molecular weight excluding hydrogens is 417 g/mol. The minimum Gasteiger partial charge on any atom is -0.497 e. The Morgan fingerprint density at radius 3 is 2.20 bits per heavy atom. The fourth-order valence-electron chi connectivity index (χ4n) is 1.81. The quantitative estimate of drug-likeness (QED) is 0.558. The maximum absolute atomic E-state index is 14.0. The van der Waals surface area contributed by atoms with E-state index < -0.39 is 16.5 Å². The second kappa shape index (κ2) is 6.41. The van der Waals surface area contributed by atoms with Crippen LogP contribution in [0.15, 0.2) is 34.8 Å². The first-order chi connectivity index (χ1) is 9.42. The summed E-state index contributed by atoms with van der Waals surface area (Å²) in [6, 6.07) is 7.38. The van der Waals surface area contributed by atoms with E-state index in [1.807, 2.05) is 0 Å². The van der Waals surface area contributed by atoms with Crippen molar-refractivity contribution in [3.8, 4) is 5.75 Å². The van der Waals surface area contributed by atoms with E-state index in [9.17, 15) is 8.78 Å². The van der Waals surface area contributed by atoms with Crippen LogP contribution >= 0.6 is 43.5 Å². The van der Waals surface area contributed by atoms with Crippen LogP contribution in [0.4, 0.5) is 8.78 Å². The lowest BCUT2D eigenvalue weighted by Crippen LogP contribution is -2.02. The van der Waals surface area contributed by atoms with Gasteiger partial charge in [-0.1, -0.05) is 43.5 Å². The standard InChI is InChI=1S/C14H9Br2ClF2O/c1-20-10-5-11(18)13(12(19)6-10)14(16)7-2-8(15)4-9(17)3-7/h2-6,14H,1H3. The molecule has 2 aromatic rings. The number of hydrogen-bond donors (Lipinski definition) is 0. The molecule has 0 fully saturated rings. The largest absolute Gasteiger partial charge is 0.497 e. The lowest BCUT2D eigenvalue weighted by Gasteiger charge is -2.14. The average Bonchev–Trinajstić information content (AvgIpc) is 2.36. The predicted octanol–water partition coefficient (Wildman–Crippen LogP) is 5.87. The van der Waals surface area contributed by atoms with Gasteiger partial charge in [-0.15, -0.1) is 0 Å². The van der Waals surface area contributed by atoms with E-state index in [-0.39, 0.29) is 11.3 Å². The molecule has 0 aromatic heterocycles. The van der Waals surface area contributed by atoms with Gasteiger partial charge in [-0.3, -0.25) is 0 Å². The smallest absolute Gasteiger partial charge is 0.134 e. The van der Waals surface area contributed by atoms with Gasteiger partial charge in [-0.2, -0.15) is 0 Å². The van der Waals surface area contributed by atoms with Gasteiger partial charge in [-0.25, -0.2) is 8.78 Å². The number of alkyl halides is 1. The highest BCUT2D eigenvalue weighted by Gasteiger charge is 2.21. The van der Waals surface area contributed by atoms with Crippen LogP contribution in [0.5, 0.6) is 5.75 Å². The topological polar surface area (TPSA) is 9.23 Å². The maximum atomic E-state index is 14.0. The van der Waals surface area contributed by atoms with Crippen LogP contribution in [-0.4, -0.2) is 7.11 Å². The molecule has 0 aliphatic carbocycles. The molecule has 106 valence electrons. The number of halogens is 5. The van der Waals surface area contributed by atoms with Crippen LogP contribution in [-0.2, 0) is 0 Å². The van der Waals surface area contributed by atoms with Gasteiger partial charge < -0.3 is 4.74 Å². The normalized spacial score (nSPS) is 12.3. The zero-order chi connectivity index (χ0) is 14.9. The lowest BCUT2D eigenvalue weighted by molar-refractivity contribution is 0.405. The number of ether oxygens (including phenoxy) is 1. The van der Waals surface area contributed by atoms with Gasteiger partial charge in [0, 0.05) is 27.2 Å². The van der Waals surface area contributed by atoms with Crippen molar-refractivity contribution >= 4 is 43.5 Å². The molecule has 0 spiro atoms. The molecule has 1 nitrogen and oxygen atoms in total. The number of methoxy groups -OCH3 is 1. The van der Waals surface area contributed by atoms with Gasteiger partial charge in [0.05, 0.1) is 11.9 Å².